The summed E-state index contributed by atoms with van der Waals surface area (Å²) >= 11 is 3.06. The first-order valence-electron chi connectivity index (χ1n) is 10.4. The van der Waals surface area contributed by atoms with Gasteiger partial charge in [0.1, 0.15) is 12.2 Å². The maximum Gasteiger partial charge on any atom is 0.416 e. The molecule has 5 rings (SSSR count). The van der Waals surface area contributed by atoms with Gasteiger partial charge in [-0.2, -0.15) is 13.2 Å². The summed E-state index contributed by atoms with van der Waals surface area (Å²) in [5.41, 5.74) is -0.987. The fraction of sp³-hybridized carbons (Fsp3) is 0.348. The molecular formula is C23H18BrF5N4O. The fourth-order valence-corrected chi connectivity index (χ4v) is 5.44. The van der Waals surface area contributed by atoms with Crippen molar-refractivity contribution in [1.82, 2.24) is 14.8 Å². The molecule has 0 atom stereocenters. The van der Waals surface area contributed by atoms with Gasteiger partial charge >= 0.3 is 6.18 Å². The average Bonchev–Trinajstić information content (AvgIpc) is 3.28. The number of carbonyl (C=O) groups excluding carboxylic acids is 1. The van der Waals surface area contributed by atoms with Crippen LogP contribution in [0.4, 0.5) is 27.6 Å². The van der Waals surface area contributed by atoms with Crippen molar-refractivity contribution >= 4 is 27.5 Å². The zero-order valence-electron chi connectivity index (χ0n) is 17.8. The normalized spacial score (nSPS) is 18.7. The Morgan fingerprint density at radius 1 is 1.15 bits per heavy atom. The number of nitrogens with zero attached hydrogens (tertiary/aromatic N) is 4. The second-order valence-electron chi connectivity index (χ2n) is 8.94. The highest BCUT2D eigenvalue weighted by molar-refractivity contribution is 9.10. The molecular weight excluding hydrogens is 523 g/mol. The minimum atomic E-state index is -4.62. The lowest BCUT2D eigenvalue weighted by atomic mass is 9.60. The minimum Gasteiger partial charge on any atom is -0.321 e. The van der Waals surface area contributed by atoms with Gasteiger partial charge in [0.25, 0.3) is 5.91 Å². The first kappa shape index (κ1) is 22.9. The lowest BCUT2D eigenvalue weighted by molar-refractivity contribution is -0.138. The number of benzene rings is 2. The topological polar surface area (TPSA) is 51.0 Å². The maximum atomic E-state index is 14.1. The molecule has 3 aromatic rings. The molecule has 178 valence electrons. The van der Waals surface area contributed by atoms with Gasteiger partial charge < -0.3 is 9.47 Å². The van der Waals surface area contributed by atoms with Crippen LogP contribution in [0.5, 0.6) is 0 Å². The predicted octanol–water partition coefficient (Wildman–Crippen LogP) is 5.67. The van der Waals surface area contributed by atoms with Crippen LogP contribution < -0.4 is 4.90 Å². The molecule has 11 heteroatoms. The minimum absolute atomic E-state index is 0.0314. The molecule has 5 nitrogen and oxygen atoms in total. The summed E-state index contributed by atoms with van der Waals surface area (Å²) in [6.07, 6.45) is -3.69. The summed E-state index contributed by atoms with van der Waals surface area (Å²) in [6.45, 7) is -0.258. The summed E-state index contributed by atoms with van der Waals surface area (Å²) in [5.74, 6) is -2.85. The van der Waals surface area contributed by atoms with E-state index in [9.17, 15) is 26.7 Å². The monoisotopic (exact) mass is 540 g/mol. The van der Waals surface area contributed by atoms with Gasteiger partial charge in [-0.3, -0.25) is 4.79 Å². The molecule has 1 amide bonds. The van der Waals surface area contributed by atoms with Crippen molar-refractivity contribution in [1.29, 1.82) is 0 Å². The van der Waals surface area contributed by atoms with E-state index in [1.54, 1.807) is 35.9 Å². The van der Waals surface area contributed by atoms with Crippen LogP contribution in [0, 0.1) is 0 Å². The van der Waals surface area contributed by atoms with E-state index >= 15 is 0 Å². The highest BCUT2D eigenvalue weighted by atomic mass is 79.9. The van der Waals surface area contributed by atoms with Crippen molar-refractivity contribution in [2.24, 2.45) is 7.05 Å². The Bertz CT molecular complexity index is 1290. The summed E-state index contributed by atoms with van der Waals surface area (Å²) in [5, 5.41) is 7.85. The molecule has 1 saturated carbocycles. The summed E-state index contributed by atoms with van der Waals surface area (Å²) in [7, 11) is 1.73. The Hall–Kier alpha value is -2.82. The summed E-state index contributed by atoms with van der Waals surface area (Å²) in [6, 6.07) is 8.90. The number of hydrogen-bond donors (Lipinski definition) is 0. The van der Waals surface area contributed by atoms with Crippen molar-refractivity contribution in [3.8, 4) is 0 Å². The van der Waals surface area contributed by atoms with Crippen LogP contribution in [0.15, 0.2) is 47.2 Å². The highest BCUT2D eigenvalue weighted by Crippen LogP contribution is 2.55. The molecule has 1 aromatic heterocycles. The lowest BCUT2D eigenvalue weighted by Crippen LogP contribution is -2.51. The molecule has 1 fully saturated rings. The van der Waals surface area contributed by atoms with Crippen molar-refractivity contribution in [3.63, 3.8) is 0 Å². The lowest BCUT2D eigenvalue weighted by Gasteiger charge is -2.48. The second-order valence-corrected chi connectivity index (χ2v) is 9.86. The van der Waals surface area contributed by atoms with Crippen LogP contribution in [0.1, 0.15) is 45.7 Å². The predicted molar refractivity (Wildman–Crippen MR) is 117 cm³/mol. The van der Waals surface area contributed by atoms with Crippen LogP contribution in [-0.4, -0.2) is 26.6 Å². The Balaban J connectivity index is 1.52. The van der Waals surface area contributed by atoms with Gasteiger partial charge in [0.2, 0.25) is 5.92 Å². The third-order valence-electron chi connectivity index (χ3n) is 6.58. The molecule has 2 heterocycles. The SMILES string of the molecule is Cn1cnnc1CC1(c2cccc(N3Cc4c(cc(Br)cc4C(F)(F)F)C3=O)c2)CC(F)(F)C1. The van der Waals surface area contributed by atoms with E-state index in [1.165, 1.54) is 17.3 Å². The third-order valence-corrected chi connectivity index (χ3v) is 7.04. The number of fused-ring (bicyclic) bond motifs is 1. The highest BCUT2D eigenvalue weighted by Gasteiger charge is 2.57. The molecule has 2 aromatic carbocycles. The van der Waals surface area contributed by atoms with Gasteiger partial charge in [-0.15, -0.1) is 10.2 Å². The number of hydrogen-bond acceptors (Lipinski definition) is 3. The standard InChI is InChI=1S/C23H18BrF5N4O/c1-32-12-30-31-19(32)8-21(10-22(25,26)11-21)13-3-2-4-15(5-13)33-9-17-16(20(33)34)6-14(24)7-18(17)23(27,28)29/h2-7,12H,8-11H2,1H3. The first-order chi connectivity index (χ1) is 15.9. The van der Waals surface area contributed by atoms with Gasteiger partial charge in [-0.25, -0.2) is 8.78 Å². The molecule has 0 N–H and O–H groups in total. The zero-order chi connectivity index (χ0) is 24.5. The van der Waals surface area contributed by atoms with Crippen molar-refractivity contribution < 1.29 is 26.7 Å². The van der Waals surface area contributed by atoms with E-state index in [2.05, 4.69) is 26.1 Å². The van der Waals surface area contributed by atoms with Gasteiger partial charge in [0.05, 0.1) is 12.1 Å². The van der Waals surface area contributed by atoms with E-state index in [1.807, 2.05) is 0 Å². The second kappa shape index (κ2) is 7.59. The van der Waals surface area contributed by atoms with Crippen molar-refractivity contribution in [3.05, 3.63) is 75.3 Å². The van der Waals surface area contributed by atoms with Crippen LogP contribution in [0.25, 0.3) is 0 Å². The number of anilines is 1. The Morgan fingerprint density at radius 3 is 2.50 bits per heavy atom. The third kappa shape index (κ3) is 3.79. The largest absolute Gasteiger partial charge is 0.416 e. The molecule has 0 saturated heterocycles. The molecule has 2 aliphatic rings. The van der Waals surface area contributed by atoms with Gasteiger partial charge in [0.15, 0.2) is 0 Å². The Labute approximate surface area is 199 Å². The van der Waals surface area contributed by atoms with Gasteiger partial charge in [-0.05, 0) is 35.4 Å². The molecule has 0 spiro atoms. The number of halogens is 6. The zero-order valence-corrected chi connectivity index (χ0v) is 19.4. The van der Waals surface area contributed by atoms with Crippen molar-refractivity contribution in [2.75, 3.05) is 4.90 Å². The smallest absolute Gasteiger partial charge is 0.321 e. The molecule has 1 aliphatic carbocycles. The molecule has 34 heavy (non-hydrogen) atoms. The van der Waals surface area contributed by atoms with E-state index < -0.39 is 41.8 Å². The van der Waals surface area contributed by atoms with Crippen molar-refractivity contribution in [2.45, 2.75) is 43.3 Å². The van der Waals surface area contributed by atoms with Gasteiger partial charge in [-0.1, -0.05) is 28.1 Å². The molecule has 1 aliphatic heterocycles. The summed E-state index contributed by atoms with van der Waals surface area (Å²) in [4.78, 5) is 14.3. The van der Waals surface area contributed by atoms with Crippen LogP contribution in [0.2, 0.25) is 0 Å². The maximum absolute atomic E-state index is 14.1. The number of amides is 1. The van der Waals surface area contributed by atoms with E-state index in [4.69, 9.17) is 0 Å². The number of carbonyl (C=O) groups is 1. The molecule has 0 radical (unpaired) electrons. The first-order valence-corrected chi connectivity index (χ1v) is 11.2. The van der Waals surface area contributed by atoms with E-state index in [0.29, 0.717) is 17.1 Å². The van der Waals surface area contributed by atoms with E-state index in [0.717, 1.165) is 6.07 Å². The number of aryl methyl sites for hydroxylation is 1. The van der Waals surface area contributed by atoms with Crippen LogP contribution >= 0.6 is 15.9 Å². The average molecular weight is 541 g/mol. The summed E-state index contributed by atoms with van der Waals surface area (Å²) < 4.78 is 70.8. The van der Waals surface area contributed by atoms with Crippen LogP contribution in [-0.2, 0) is 31.6 Å². The Kier molecular flexibility index (Phi) is 5.12. The number of aromatic nitrogens is 3. The molecule has 0 bridgehead atoms. The quantitative estimate of drug-likeness (QED) is 0.401. The van der Waals surface area contributed by atoms with Gasteiger partial charge in [0, 0.05) is 47.4 Å². The van der Waals surface area contributed by atoms with E-state index in [-0.39, 0.29) is 28.6 Å². The Morgan fingerprint density at radius 2 is 1.88 bits per heavy atom. The number of rotatable bonds is 4. The number of alkyl halides is 5. The fourth-order valence-electron chi connectivity index (χ4n) is 4.98. The van der Waals surface area contributed by atoms with Crippen LogP contribution in [0.3, 0.4) is 0 Å². The molecule has 0 unspecified atom stereocenters.